The molecular weight excluding hydrogens is 276 g/mol. The highest BCUT2D eigenvalue weighted by atomic mass is 16.5. The van der Waals surface area contributed by atoms with Crippen molar-refractivity contribution in [3.05, 3.63) is 35.9 Å². The van der Waals surface area contributed by atoms with E-state index in [2.05, 4.69) is 29.6 Å². The fourth-order valence-electron chi connectivity index (χ4n) is 3.47. The molecule has 4 nitrogen and oxygen atoms in total. The van der Waals surface area contributed by atoms with E-state index < -0.39 is 0 Å². The van der Waals surface area contributed by atoms with Gasteiger partial charge < -0.3 is 15.0 Å². The first-order chi connectivity index (χ1) is 10.8. The number of nitrogens with one attached hydrogen (secondary N) is 1. The van der Waals surface area contributed by atoms with E-state index in [1.165, 1.54) is 5.56 Å². The molecule has 1 aromatic rings. The number of amides is 1. The molecular formula is C18H26N2O2. The van der Waals surface area contributed by atoms with Crippen molar-refractivity contribution in [1.82, 2.24) is 10.2 Å². The lowest BCUT2D eigenvalue weighted by Gasteiger charge is -2.32. The Morgan fingerprint density at radius 1 is 1.23 bits per heavy atom. The van der Waals surface area contributed by atoms with Crippen LogP contribution in [0.2, 0.25) is 0 Å². The van der Waals surface area contributed by atoms with Crippen LogP contribution in [0.15, 0.2) is 30.3 Å². The molecule has 0 unspecified atom stereocenters. The van der Waals surface area contributed by atoms with Gasteiger partial charge in [0.05, 0.1) is 6.10 Å². The first-order valence-electron chi connectivity index (χ1n) is 8.47. The third-order valence-electron chi connectivity index (χ3n) is 4.76. The highest BCUT2D eigenvalue weighted by Gasteiger charge is 2.27. The second-order valence-electron chi connectivity index (χ2n) is 6.38. The van der Waals surface area contributed by atoms with E-state index in [4.69, 9.17) is 4.74 Å². The molecule has 1 N–H and O–H groups in total. The van der Waals surface area contributed by atoms with Crippen molar-refractivity contribution in [3.63, 3.8) is 0 Å². The third-order valence-corrected chi connectivity index (χ3v) is 4.76. The maximum atomic E-state index is 12.1. The van der Waals surface area contributed by atoms with Gasteiger partial charge in [0.25, 0.3) is 0 Å². The topological polar surface area (TPSA) is 41.6 Å². The molecule has 0 aromatic heterocycles. The lowest BCUT2D eigenvalue weighted by Crippen LogP contribution is -2.44. The van der Waals surface area contributed by atoms with Gasteiger partial charge >= 0.3 is 0 Å². The van der Waals surface area contributed by atoms with Gasteiger partial charge in [-0.2, -0.15) is 0 Å². The number of carbonyl (C=O) groups is 1. The fraction of sp³-hybridized carbons (Fsp3) is 0.611. The van der Waals surface area contributed by atoms with Crippen LogP contribution >= 0.6 is 0 Å². The first-order valence-corrected chi connectivity index (χ1v) is 8.47. The summed E-state index contributed by atoms with van der Waals surface area (Å²) < 4.78 is 6.01. The summed E-state index contributed by atoms with van der Waals surface area (Å²) in [6, 6.07) is 10.5. The molecule has 3 rings (SSSR count). The zero-order chi connectivity index (χ0) is 15.2. The van der Waals surface area contributed by atoms with Crippen LogP contribution in [0.3, 0.4) is 0 Å². The van der Waals surface area contributed by atoms with Crippen molar-refractivity contribution >= 4 is 5.91 Å². The molecule has 2 aliphatic heterocycles. The summed E-state index contributed by atoms with van der Waals surface area (Å²) in [5.41, 5.74) is 1.34. The van der Waals surface area contributed by atoms with Gasteiger partial charge in [0.15, 0.2) is 0 Å². The molecule has 2 heterocycles. The van der Waals surface area contributed by atoms with Gasteiger partial charge in [-0.3, -0.25) is 4.79 Å². The van der Waals surface area contributed by atoms with Gasteiger partial charge in [0.2, 0.25) is 5.91 Å². The Bertz CT molecular complexity index is 471. The molecule has 0 spiro atoms. The summed E-state index contributed by atoms with van der Waals surface area (Å²) >= 11 is 0. The zero-order valence-corrected chi connectivity index (χ0v) is 13.2. The van der Waals surface area contributed by atoms with Crippen LogP contribution < -0.4 is 5.32 Å². The number of ether oxygens (including phenoxy) is 1. The van der Waals surface area contributed by atoms with Crippen LogP contribution in [0.1, 0.15) is 24.8 Å². The van der Waals surface area contributed by atoms with Crippen molar-refractivity contribution in [2.24, 2.45) is 5.92 Å². The van der Waals surface area contributed by atoms with E-state index in [0.717, 1.165) is 51.9 Å². The van der Waals surface area contributed by atoms with E-state index >= 15 is 0 Å². The Kier molecular flexibility index (Phi) is 5.46. The first kappa shape index (κ1) is 15.5. The number of piperidine rings is 1. The molecule has 2 saturated heterocycles. The Morgan fingerprint density at radius 2 is 2.00 bits per heavy atom. The Hall–Kier alpha value is -1.39. The summed E-state index contributed by atoms with van der Waals surface area (Å²) in [6.45, 7) is 4.00. The lowest BCUT2D eigenvalue weighted by atomic mass is 9.89. The Labute approximate surface area is 132 Å². The van der Waals surface area contributed by atoms with E-state index in [-0.39, 0.29) is 18.6 Å². The summed E-state index contributed by atoms with van der Waals surface area (Å²) in [5.74, 6) is 0.608. The molecule has 120 valence electrons. The Morgan fingerprint density at radius 3 is 2.77 bits per heavy atom. The number of carbonyl (C=O) groups excluding carboxylic acids is 1. The van der Waals surface area contributed by atoms with E-state index in [1.807, 2.05) is 11.0 Å². The summed E-state index contributed by atoms with van der Waals surface area (Å²) in [7, 11) is 0. The highest BCUT2D eigenvalue weighted by Crippen LogP contribution is 2.20. The minimum Gasteiger partial charge on any atom is -0.368 e. The standard InChI is InChI=1S/C18H26N2O2/c21-18(20-10-4-5-11-20)14-22-17-8-9-19-13-16(17)12-15-6-2-1-3-7-15/h1-3,6-7,16-17,19H,4-5,8-14H2/t16-,17-/m1/s1. The number of nitrogens with zero attached hydrogens (tertiary/aromatic N) is 1. The van der Waals surface area contributed by atoms with Crippen LogP contribution in [0, 0.1) is 5.92 Å². The van der Waals surface area contributed by atoms with Crippen LogP contribution in [-0.4, -0.2) is 49.7 Å². The van der Waals surface area contributed by atoms with E-state index in [0.29, 0.717) is 5.92 Å². The predicted molar refractivity (Wildman–Crippen MR) is 86.7 cm³/mol. The molecule has 1 amide bonds. The third kappa shape index (κ3) is 4.08. The second-order valence-corrected chi connectivity index (χ2v) is 6.38. The quantitative estimate of drug-likeness (QED) is 0.902. The smallest absolute Gasteiger partial charge is 0.248 e. The normalized spacial score (nSPS) is 25.4. The van der Waals surface area contributed by atoms with Gasteiger partial charge in [0.1, 0.15) is 6.61 Å². The second kappa shape index (κ2) is 7.75. The number of benzene rings is 1. The minimum atomic E-state index is 0.162. The minimum absolute atomic E-state index is 0.162. The zero-order valence-electron chi connectivity index (χ0n) is 13.2. The molecule has 2 fully saturated rings. The van der Waals surface area contributed by atoms with Crippen LogP contribution in [-0.2, 0) is 16.0 Å². The van der Waals surface area contributed by atoms with Crippen LogP contribution in [0.4, 0.5) is 0 Å². The summed E-state index contributed by atoms with van der Waals surface area (Å²) in [5, 5.41) is 3.45. The van der Waals surface area contributed by atoms with Crippen molar-refractivity contribution in [3.8, 4) is 0 Å². The molecule has 0 radical (unpaired) electrons. The van der Waals surface area contributed by atoms with Crippen molar-refractivity contribution in [2.45, 2.75) is 31.8 Å². The summed E-state index contributed by atoms with van der Waals surface area (Å²) in [6.07, 6.45) is 4.46. The maximum absolute atomic E-state index is 12.1. The highest BCUT2D eigenvalue weighted by molar-refractivity contribution is 5.77. The van der Waals surface area contributed by atoms with Crippen LogP contribution in [0.25, 0.3) is 0 Å². The monoisotopic (exact) mass is 302 g/mol. The van der Waals surface area contributed by atoms with Gasteiger partial charge in [0, 0.05) is 25.6 Å². The molecule has 0 aliphatic carbocycles. The predicted octanol–water partition coefficient (Wildman–Crippen LogP) is 1.85. The molecule has 1 aromatic carbocycles. The van der Waals surface area contributed by atoms with Gasteiger partial charge in [-0.1, -0.05) is 30.3 Å². The molecule has 2 atom stereocenters. The lowest BCUT2D eigenvalue weighted by molar-refractivity contribution is -0.138. The Balaban J connectivity index is 1.52. The number of likely N-dealkylation sites (tertiary alicyclic amines) is 1. The van der Waals surface area contributed by atoms with Crippen molar-refractivity contribution in [1.29, 1.82) is 0 Å². The molecule has 2 aliphatic rings. The molecule has 0 bridgehead atoms. The van der Waals surface area contributed by atoms with Gasteiger partial charge in [-0.05, 0) is 37.8 Å². The molecule has 0 saturated carbocycles. The van der Waals surface area contributed by atoms with Gasteiger partial charge in [-0.15, -0.1) is 0 Å². The number of hydrogen-bond acceptors (Lipinski definition) is 3. The van der Waals surface area contributed by atoms with E-state index in [9.17, 15) is 4.79 Å². The largest absolute Gasteiger partial charge is 0.368 e. The van der Waals surface area contributed by atoms with Gasteiger partial charge in [-0.25, -0.2) is 0 Å². The maximum Gasteiger partial charge on any atom is 0.248 e. The van der Waals surface area contributed by atoms with Crippen molar-refractivity contribution < 1.29 is 9.53 Å². The molecule has 22 heavy (non-hydrogen) atoms. The van der Waals surface area contributed by atoms with Crippen molar-refractivity contribution in [2.75, 3.05) is 32.8 Å². The number of rotatable bonds is 5. The fourth-order valence-corrected chi connectivity index (χ4v) is 3.47. The SMILES string of the molecule is O=C(CO[C@@H]1CCNC[C@H]1Cc1ccccc1)N1CCCC1. The number of hydrogen-bond donors (Lipinski definition) is 1. The van der Waals surface area contributed by atoms with E-state index in [1.54, 1.807) is 0 Å². The summed E-state index contributed by atoms with van der Waals surface area (Å²) in [4.78, 5) is 14.1. The van der Waals surface area contributed by atoms with Crippen LogP contribution in [0.5, 0.6) is 0 Å². The molecule has 4 heteroatoms. The average Bonchev–Trinajstić information content (AvgIpc) is 3.09. The average molecular weight is 302 g/mol.